The van der Waals surface area contributed by atoms with Gasteiger partial charge in [0.15, 0.2) is 0 Å². The van der Waals surface area contributed by atoms with Crippen molar-refractivity contribution in [1.29, 1.82) is 0 Å². The van der Waals surface area contributed by atoms with Gasteiger partial charge >= 0.3 is 0 Å². The van der Waals surface area contributed by atoms with Gasteiger partial charge in [-0.25, -0.2) is 0 Å². The summed E-state index contributed by atoms with van der Waals surface area (Å²) in [6, 6.07) is 0.550. The molecule has 0 aliphatic heterocycles. The van der Waals surface area contributed by atoms with Gasteiger partial charge in [0.05, 0.1) is 6.61 Å². The third-order valence-corrected chi connectivity index (χ3v) is 2.97. The number of aldehydes is 1. The van der Waals surface area contributed by atoms with Gasteiger partial charge in [-0.15, -0.1) is 0 Å². The molecule has 0 unspecified atom stereocenters. The van der Waals surface area contributed by atoms with Crippen LogP contribution in [0.25, 0.3) is 0 Å². The van der Waals surface area contributed by atoms with Crippen LogP contribution in [0.15, 0.2) is 0 Å². The number of hydrogen-bond acceptors (Lipinski definition) is 3. The second-order valence-electron chi connectivity index (χ2n) is 5.04. The third kappa shape index (κ3) is 5.61. The first-order chi connectivity index (χ1) is 7.50. The summed E-state index contributed by atoms with van der Waals surface area (Å²) in [5.74, 6) is 0. The van der Waals surface area contributed by atoms with Crippen molar-refractivity contribution < 1.29 is 9.53 Å². The van der Waals surface area contributed by atoms with Gasteiger partial charge in [-0.05, 0) is 12.8 Å². The molecule has 0 aliphatic carbocycles. The highest BCUT2D eigenvalue weighted by atomic mass is 16.5. The van der Waals surface area contributed by atoms with Gasteiger partial charge in [-0.2, -0.15) is 0 Å². The monoisotopic (exact) mass is 229 g/mol. The molecule has 0 radical (unpaired) electrons. The Hall–Kier alpha value is -0.410. The van der Waals surface area contributed by atoms with Crippen LogP contribution in [0.5, 0.6) is 0 Å². The second-order valence-corrected chi connectivity index (χ2v) is 5.04. The smallest absolute Gasteiger partial charge is 0.126 e. The molecular formula is C13H27NO2. The largest absolute Gasteiger partial charge is 0.383 e. The fourth-order valence-electron chi connectivity index (χ4n) is 1.97. The summed E-state index contributed by atoms with van der Waals surface area (Å²) in [5, 5.41) is 0. The molecule has 0 aromatic carbocycles. The number of hydrogen-bond donors (Lipinski definition) is 0. The second kappa shape index (κ2) is 7.80. The lowest BCUT2D eigenvalue weighted by Crippen LogP contribution is -2.43. The fraction of sp³-hybridized carbons (Fsp3) is 0.923. The van der Waals surface area contributed by atoms with E-state index >= 15 is 0 Å². The van der Waals surface area contributed by atoms with Crippen LogP contribution in [0.1, 0.15) is 40.5 Å². The SMILES string of the molecule is CCC(CC)N(CCOC)CC(C)(C)C=O. The van der Waals surface area contributed by atoms with Crippen LogP contribution in [0.2, 0.25) is 0 Å². The molecule has 0 saturated carbocycles. The molecule has 16 heavy (non-hydrogen) atoms. The maximum absolute atomic E-state index is 11.0. The molecule has 0 atom stereocenters. The van der Waals surface area contributed by atoms with Crippen LogP contribution >= 0.6 is 0 Å². The molecule has 0 bridgehead atoms. The first kappa shape index (κ1) is 15.6. The first-order valence-corrected chi connectivity index (χ1v) is 6.20. The summed E-state index contributed by atoms with van der Waals surface area (Å²) in [6.07, 6.45) is 3.29. The topological polar surface area (TPSA) is 29.5 Å². The summed E-state index contributed by atoms with van der Waals surface area (Å²) in [5.41, 5.74) is -0.268. The van der Waals surface area contributed by atoms with Crippen molar-refractivity contribution in [2.24, 2.45) is 5.41 Å². The minimum Gasteiger partial charge on any atom is -0.383 e. The van der Waals surface area contributed by atoms with Crippen molar-refractivity contribution >= 4 is 6.29 Å². The highest BCUT2D eigenvalue weighted by Gasteiger charge is 2.24. The Balaban J connectivity index is 4.46. The average Bonchev–Trinajstić information content (AvgIpc) is 2.27. The van der Waals surface area contributed by atoms with Crippen molar-refractivity contribution in [1.82, 2.24) is 4.90 Å². The normalized spacial score (nSPS) is 12.4. The zero-order chi connectivity index (χ0) is 12.6. The Bertz CT molecular complexity index is 188. The predicted molar refractivity (Wildman–Crippen MR) is 67.7 cm³/mol. The van der Waals surface area contributed by atoms with Crippen LogP contribution in [0.3, 0.4) is 0 Å². The summed E-state index contributed by atoms with van der Waals surface area (Å²) in [6.45, 7) is 10.8. The molecule has 0 spiro atoms. The summed E-state index contributed by atoms with van der Waals surface area (Å²) >= 11 is 0. The number of nitrogens with zero attached hydrogens (tertiary/aromatic N) is 1. The van der Waals surface area contributed by atoms with E-state index in [2.05, 4.69) is 18.7 Å². The molecule has 3 nitrogen and oxygen atoms in total. The summed E-state index contributed by atoms with van der Waals surface area (Å²) in [7, 11) is 1.72. The van der Waals surface area contributed by atoms with Crippen LogP contribution in [0.4, 0.5) is 0 Å². The van der Waals surface area contributed by atoms with Crippen LogP contribution in [0, 0.1) is 5.41 Å². The molecule has 0 aromatic heterocycles. The number of methoxy groups -OCH3 is 1. The van der Waals surface area contributed by atoms with E-state index in [0.29, 0.717) is 6.04 Å². The Morgan fingerprint density at radius 2 is 1.88 bits per heavy atom. The molecule has 3 heteroatoms. The Kier molecular flexibility index (Phi) is 7.60. The van der Waals surface area contributed by atoms with E-state index in [1.807, 2.05) is 13.8 Å². The predicted octanol–water partition coefficient (Wildman–Crippen LogP) is 2.35. The summed E-state index contributed by atoms with van der Waals surface area (Å²) in [4.78, 5) is 13.4. The van der Waals surface area contributed by atoms with Crippen LogP contribution < -0.4 is 0 Å². The molecule has 0 saturated heterocycles. The third-order valence-electron chi connectivity index (χ3n) is 2.97. The fourth-order valence-corrected chi connectivity index (χ4v) is 1.97. The zero-order valence-corrected chi connectivity index (χ0v) is 11.5. The van der Waals surface area contributed by atoms with Gasteiger partial charge < -0.3 is 9.53 Å². The Labute approximate surface area is 100 Å². The lowest BCUT2D eigenvalue weighted by molar-refractivity contribution is -0.116. The highest BCUT2D eigenvalue weighted by molar-refractivity contribution is 5.58. The van der Waals surface area contributed by atoms with Crippen molar-refractivity contribution in [3.63, 3.8) is 0 Å². The zero-order valence-electron chi connectivity index (χ0n) is 11.5. The van der Waals surface area contributed by atoms with Crippen molar-refractivity contribution in [3.05, 3.63) is 0 Å². The molecular weight excluding hydrogens is 202 g/mol. The van der Waals surface area contributed by atoms with Gasteiger partial charge in [0.1, 0.15) is 6.29 Å². The number of carbonyl (C=O) groups is 1. The average molecular weight is 229 g/mol. The molecule has 0 aromatic rings. The van der Waals surface area contributed by atoms with Gasteiger partial charge in [0.25, 0.3) is 0 Å². The minimum atomic E-state index is -0.268. The highest BCUT2D eigenvalue weighted by Crippen LogP contribution is 2.18. The van der Waals surface area contributed by atoms with Gasteiger partial charge in [0, 0.05) is 31.7 Å². The maximum atomic E-state index is 11.0. The lowest BCUT2D eigenvalue weighted by Gasteiger charge is -2.34. The number of carbonyl (C=O) groups excluding carboxylic acids is 1. The molecule has 96 valence electrons. The van der Waals surface area contributed by atoms with Gasteiger partial charge in [0.2, 0.25) is 0 Å². The molecule has 0 amide bonds. The van der Waals surface area contributed by atoms with Gasteiger partial charge in [-0.1, -0.05) is 27.7 Å². The van der Waals surface area contributed by atoms with Crippen molar-refractivity contribution in [2.45, 2.75) is 46.6 Å². The van der Waals surface area contributed by atoms with E-state index in [0.717, 1.165) is 38.8 Å². The molecule has 0 fully saturated rings. The standard InChI is InChI=1S/C13H27NO2/c1-6-12(7-2)14(8-9-16-5)10-13(3,4)11-15/h11-12H,6-10H2,1-5H3. The Morgan fingerprint density at radius 3 is 2.25 bits per heavy atom. The van der Waals surface area contributed by atoms with E-state index in [-0.39, 0.29) is 5.41 Å². The molecule has 0 aliphatic rings. The van der Waals surface area contributed by atoms with E-state index in [1.54, 1.807) is 7.11 Å². The van der Waals surface area contributed by atoms with E-state index in [9.17, 15) is 4.79 Å². The van der Waals surface area contributed by atoms with Gasteiger partial charge in [-0.3, -0.25) is 4.90 Å². The molecule has 0 heterocycles. The van der Waals surface area contributed by atoms with E-state index in [1.165, 1.54) is 0 Å². The molecule has 0 N–H and O–H groups in total. The van der Waals surface area contributed by atoms with Crippen LogP contribution in [-0.2, 0) is 9.53 Å². The maximum Gasteiger partial charge on any atom is 0.126 e. The van der Waals surface area contributed by atoms with E-state index < -0.39 is 0 Å². The summed E-state index contributed by atoms with van der Waals surface area (Å²) < 4.78 is 5.13. The quantitative estimate of drug-likeness (QED) is 0.568. The molecule has 0 rings (SSSR count). The van der Waals surface area contributed by atoms with E-state index in [4.69, 9.17) is 4.74 Å². The lowest BCUT2D eigenvalue weighted by atomic mass is 9.93. The van der Waals surface area contributed by atoms with Crippen molar-refractivity contribution in [3.8, 4) is 0 Å². The van der Waals surface area contributed by atoms with Crippen molar-refractivity contribution in [2.75, 3.05) is 26.8 Å². The minimum absolute atomic E-state index is 0.268. The first-order valence-electron chi connectivity index (χ1n) is 6.20. The number of rotatable bonds is 9. The van der Waals surface area contributed by atoms with Crippen LogP contribution in [-0.4, -0.2) is 44.0 Å². The Morgan fingerprint density at radius 1 is 1.31 bits per heavy atom. The number of ether oxygens (including phenoxy) is 1.